The summed E-state index contributed by atoms with van der Waals surface area (Å²) in [6, 6.07) is 9.42. The third-order valence-electron chi connectivity index (χ3n) is 4.28. The Morgan fingerprint density at radius 3 is 2.10 bits per heavy atom. The second kappa shape index (κ2) is 5.95. The molecule has 0 radical (unpaired) electrons. The topological polar surface area (TPSA) is 47.3 Å². The van der Waals surface area contributed by atoms with Crippen LogP contribution in [0, 0.1) is 23.2 Å². The van der Waals surface area contributed by atoms with Crippen molar-refractivity contribution in [3.63, 3.8) is 0 Å². The first-order valence-corrected chi connectivity index (χ1v) is 7.65. The van der Waals surface area contributed by atoms with Crippen molar-refractivity contribution in [2.45, 2.75) is 31.8 Å². The van der Waals surface area contributed by atoms with Gasteiger partial charge in [-0.25, -0.2) is 0 Å². The monoisotopic (exact) mass is 270 g/mol. The van der Waals surface area contributed by atoms with Crippen LogP contribution in [-0.2, 0) is 0 Å². The fourth-order valence-electron chi connectivity index (χ4n) is 2.68. The van der Waals surface area contributed by atoms with Crippen molar-refractivity contribution in [1.82, 2.24) is 4.90 Å². The normalized spacial score (nSPS) is 19.9. The van der Waals surface area contributed by atoms with Crippen LogP contribution in [0.3, 0.4) is 0 Å². The number of aliphatic hydroxyl groups excluding tert-OH is 1. The first kappa shape index (κ1) is 13.6. The Labute approximate surface area is 120 Å². The molecule has 3 rings (SSSR count). The quantitative estimate of drug-likeness (QED) is 0.828. The van der Waals surface area contributed by atoms with Gasteiger partial charge < -0.3 is 5.11 Å². The minimum absolute atomic E-state index is 0.444. The van der Waals surface area contributed by atoms with Crippen molar-refractivity contribution >= 4 is 0 Å². The Balaban J connectivity index is 1.58. The van der Waals surface area contributed by atoms with Crippen molar-refractivity contribution in [3.05, 3.63) is 35.4 Å². The van der Waals surface area contributed by atoms with Crippen LogP contribution in [-0.4, -0.2) is 29.6 Å². The van der Waals surface area contributed by atoms with Gasteiger partial charge in [0.2, 0.25) is 0 Å². The first-order valence-electron chi connectivity index (χ1n) is 7.65. The molecule has 2 aliphatic rings. The van der Waals surface area contributed by atoms with Crippen LogP contribution < -0.4 is 0 Å². The summed E-state index contributed by atoms with van der Waals surface area (Å²) in [4.78, 5) is 2.44. The van der Waals surface area contributed by atoms with Gasteiger partial charge in [0, 0.05) is 19.6 Å². The molecule has 2 aliphatic carbocycles. The maximum atomic E-state index is 10.4. The van der Waals surface area contributed by atoms with E-state index in [1.807, 2.05) is 12.1 Å². The van der Waals surface area contributed by atoms with Crippen LogP contribution in [0.5, 0.6) is 0 Å². The molecular weight excluding hydrogens is 248 g/mol. The number of nitrogens with zero attached hydrogens (tertiary/aromatic N) is 2. The molecule has 1 unspecified atom stereocenters. The van der Waals surface area contributed by atoms with Gasteiger partial charge in [-0.05, 0) is 55.2 Å². The van der Waals surface area contributed by atoms with Gasteiger partial charge in [0.1, 0.15) is 0 Å². The van der Waals surface area contributed by atoms with Gasteiger partial charge >= 0.3 is 0 Å². The van der Waals surface area contributed by atoms with Gasteiger partial charge in [-0.3, -0.25) is 4.90 Å². The zero-order chi connectivity index (χ0) is 13.9. The molecule has 3 nitrogen and oxygen atoms in total. The van der Waals surface area contributed by atoms with E-state index in [0.717, 1.165) is 37.0 Å². The molecule has 0 aliphatic heterocycles. The van der Waals surface area contributed by atoms with Crippen molar-refractivity contribution in [1.29, 1.82) is 5.26 Å². The summed E-state index contributed by atoms with van der Waals surface area (Å²) in [5.41, 5.74) is 1.56. The Hall–Kier alpha value is -1.37. The van der Waals surface area contributed by atoms with Gasteiger partial charge in [-0.2, -0.15) is 5.26 Å². The predicted octanol–water partition coefficient (Wildman–Crippen LogP) is 2.71. The lowest BCUT2D eigenvalue weighted by Crippen LogP contribution is -2.32. The van der Waals surface area contributed by atoms with E-state index in [4.69, 9.17) is 5.26 Å². The lowest BCUT2D eigenvalue weighted by molar-refractivity contribution is 0.107. The SMILES string of the molecule is N#Cc1ccc(C(O)CN(CC2CC2)CC2CC2)cc1. The smallest absolute Gasteiger partial charge is 0.0991 e. The average Bonchev–Trinajstić information content (AvgIpc) is 3.35. The highest BCUT2D eigenvalue weighted by molar-refractivity contribution is 5.32. The molecule has 0 spiro atoms. The lowest BCUT2D eigenvalue weighted by Gasteiger charge is -2.25. The van der Waals surface area contributed by atoms with E-state index in [1.165, 1.54) is 25.7 Å². The fourth-order valence-corrected chi connectivity index (χ4v) is 2.68. The number of rotatable bonds is 7. The Morgan fingerprint density at radius 1 is 1.10 bits per heavy atom. The van der Waals surface area contributed by atoms with E-state index in [9.17, 15) is 5.11 Å². The third kappa shape index (κ3) is 3.82. The minimum atomic E-state index is -0.444. The average molecular weight is 270 g/mol. The standard InChI is InChI=1S/C17H22N2O/c18-9-13-5-7-16(8-6-13)17(20)12-19(10-14-1-2-14)11-15-3-4-15/h5-8,14-15,17,20H,1-4,10-12H2. The van der Waals surface area contributed by atoms with Gasteiger partial charge in [0.25, 0.3) is 0 Å². The van der Waals surface area contributed by atoms with E-state index in [1.54, 1.807) is 12.1 Å². The third-order valence-corrected chi connectivity index (χ3v) is 4.28. The van der Waals surface area contributed by atoms with E-state index in [-0.39, 0.29) is 0 Å². The molecule has 0 amide bonds. The molecule has 1 atom stereocenters. The highest BCUT2D eigenvalue weighted by atomic mass is 16.3. The zero-order valence-corrected chi connectivity index (χ0v) is 11.8. The molecule has 0 saturated heterocycles. The second-order valence-corrected chi connectivity index (χ2v) is 6.35. The molecule has 2 fully saturated rings. The predicted molar refractivity (Wildman–Crippen MR) is 78.0 cm³/mol. The molecule has 0 aromatic heterocycles. The molecule has 3 heteroatoms. The van der Waals surface area contributed by atoms with E-state index >= 15 is 0 Å². The molecule has 1 N–H and O–H groups in total. The van der Waals surface area contributed by atoms with Crippen LogP contribution in [0.1, 0.15) is 42.9 Å². The lowest BCUT2D eigenvalue weighted by atomic mass is 10.1. The number of nitriles is 1. The molecule has 1 aromatic carbocycles. The molecule has 0 bridgehead atoms. The Morgan fingerprint density at radius 2 is 1.65 bits per heavy atom. The second-order valence-electron chi connectivity index (χ2n) is 6.35. The first-order chi connectivity index (χ1) is 9.74. The summed E-state index contributed by atoms with van der Waals surface area (Å²) in [6.07, 6.45) is 4.98. The number of hydrogen-bond donors (Lipinski definition) is 1. The number of benzene rings is 1. The highest BCUT2D eigenvalue weighted by Crippen LogP contribution is 2.34. The summed E-state index contributed by atoms with van der Waals surface area (Å²) >= 11 is 0. The van der Waals surface area contributed by atoms with Crippen LogP contribution in [0.4, 0.5) is 0 Å². The molecule has 2 saturated carbocycles. The number of aliphatic hydroxyl groups is 1. The molecular formula is C17H22N2O. The van der Waals surface area contributed by atoms with Crippen LogP contribution in [0.15, 0.2) is 24.3 Å². The summed E-state index contributed by atoms with van der Waals surface area (Å²) in [7, 11) is 0. The van der Waals surface area contributed by atoms with E-state index in [0.29, 0.717) is 5.56 Å². The van der Waals surface area contributed by atoms with Gasteiger partial charge in [0.15, 0.2) is 0 Å². The van der Waals surface area contributed by atoms with E-state index in [2.05, 4.69) is 11.0 Å². The fraction of sp³-hybridized carbons (Fsp3) is 0.588. The summed E-state index contributed by atoms with van der Waals surface area (Å²) < 4.78 is 0. The number of hydrogen-bond acceptors (Lipinski definition) is 3. The van der Waals surface area contributed by atoms with Crippen molar-refractivity contribution in [2.24, 2.45) is 11.8 Å². The largest absolute Gasteiger partial charge is 0.387 e. The Kier molecular flexibility index (Phi) is 4.05. The summed E-state index contributed by atoms with van der Waals surface area (Å²) in [5.74, 6) is 1.73. The van der Waals surface area contributed by atoms with Crippen molar-refractivity contribution in [2.75, 3.05) is 19.6 Å². The Bertz CT molecular complexity index is 469. The molecule has 0 heterocycles. The molecule has 106 valence electrons. The summed E-state index contributed by atoms with van der Waals surface area (Å²) in [6.45, 7) is 3.01. The van der Waals surface area contributed by atoms with Crippen LogP contribution in [0.2, 0.25) is 0 Å². The minimum Gasteiger partial charge on any atom is -0.387 e. The van der Waals surface area contributed by atoms with Crippen molar-refractivity contribution in [3.8, 4) is 6.07 Å². The molecule has 1 aromatic rings. The highest BCUT2D eigenvalue weighted by Gasteiger charge is 2.30. The van der Waals surface area contributed by atoms with E-state index < -0.39 is 6.10 Å². The van der Waals surface area contributed by atoms with Crippen molar-refractivity contribution < 1.29 is 5.11 Å². The maximum Gasteiger partial charge on any atom is 0.0991 e. The maximum absolute atomic E-state index is 10.4. The summed E-state index contributed by atoms with van der Waals surface area (Å²) in [5, 5.41) is 19.2. The van der Waals surface area contributed by atoms with Gasteiger partial charge in [-0.15, -0.1) is 0 Å². The molecule has 20 heavy (non-hydrogen) atoms. The van der Waals surface area contributed by atoms with Crippen LogP contribution >= 0.6 is 0 Å². The zero-order valence-electron chi connectivity index (χ0n) is 11.8. The van der Waals surface area contributed by atoms with Gasteiger partial charge in [0.05, 0.1) is 17.7 Å². The van der Waals surface area contributed by atoms with Gasteiger partial charge in [-0.1, -0.05) is 12.1 Å². The van der Waals surface area contributed by atoms with Crippen LogP contribution in [0.25, 0.3) is 0 Å².